The molecular weight excluding hydrogens is 343 g/mol. The summed E-state index contributed by atoms with van der Waals surface area (Å²) in [6, 6.07) is 1.96. The van der Waals surface area contributed by atoms with Crippen LogP contribution in [0.4, 0.5) is 10.1 Å². The van der Waals surface area contributed by atoms with E-state index in [0.29, 0.717) is 0 Å². The van der Waals surface area contributed by atoms with E-state index in [-0.39, 0.29) is 28.0 Å². The van der Waals surface area contributed by atoms with E-state index in [1.54, 1.807) is 0 Å². The van der Waals surface area contributed by atoms with Gasteiger partial charge in [0.1, 0.15) is 10.7 Å². The van der Waals surface area contributed by atoms with Crippen molar-refractivity contribution in [1.29, 1.82) is 0 Å². The number of esters is 1. The minimum Gasteiger partial charge on any atom is -0.469 e. The molecule has 0 heterocycles. The molecule has 0 radical (unpaired) electrons. The first-order chi connectivity index (χ1) is 8.77. The van der Waals surface area contributed by atoms with Crippen molar-refractivity contribution >= 4 is 37.6 Å². The van der Waals surface area contributed by atoms with E-state index in [9.17, 15) is 17.6 Å². The molecule has 0 spiro atoms. The van der Waals surface area contributed by atoms with Crippen molar-refractivity contribution in [1.82, 2.24) is 4.72 Å². The molecule has 1 rings (SSSR count). The van der Waals surface area contributed by atoms with E-state index in [4.69, 9.17) is 5.73 Å². The van der Waals surface area contributed by atoms with Gasteiger partial charge >= 0.3 is 5.97 Å². The maximum absolute atomic E-state index is 13.1. The Kier molecular flexibility index (Phi) is 5.27. The summed E-state index contributed by atoms with van der Waals surface area (Å²) in [7, 11) is -2.71. The molecule has 6 nitrogen and oxygen atoms in total. The zero-order chi connectivity index (χ0) is 14.6. The SMILES string of the molecule is COC(=O)CCNS(=O)(=O)c1cc(Br)c(F)cc1N. The van der Waals surface area contributed by atoms with Gasteiger partial charge in [-0.15, -0.1) is 0 Å². The Hall–Kier alpha value is -1.19. The number of methoxy groups -OCH3 is 1. The van der Waals surface area contributed by atoms with Crippen LogP contribution in [0.2, 0.25) is 0 Å². The number of ether oxygens (including phenoxy) is 1. The number of anilines is 1. The van der Waals surface area contributed by atoms with Gasteiger partial charge in [0, 0.05) is 6.54 Å². The predicted octanol–water partition coefficient (Wildman–Crippen LogP) is 1.01. The Morgan fingerprint density at radius 2 is 2.16 bits per heavy atom. The van der Waals surface area contributed by atoms with Crippen LogP contribution in [0, 0.1) is 5.82 Å². The molecule has 0 aliphatic carbocycles. The second kappa shape index (κ2) is 6.31. The fraction of sp³-hybridized carbons (Fsp3) is 0.300. The zero-order valence-corrected chi connectivity index (χ0v) is 12.3. The second-order valence-corrected chi connectivity index (χ2v) is 6.12. The number of carbonyl (C=O) groups excluding carboxylic acids is 1. The number of nitrogen functional groups attached to an aromatic ring is 1. The lowest BCUT2D eigenvalue weighted by atomic mass is 10.3. The molecule has 19 heavy (non-hydrogen) atoms. The summed E-state index contributed by atoms with van der Waals surface area (Å²) in [5.74, 6) is -1.21. The number of nitrogens with one attached hydrogen (secondary N) is 1. The highest BCUT2D eigenvalue weighted by Gasteiger charge is 2.19. The molecular formula is C10H12BrFN2O4S. The fourth-order valence-electron chi connectivity index (χ4n) is 1.24. The molecule has 0 bridgehead atoms. The van der Waals surface area contributed by atoms with Crippen molar-refractivity contribution in [2.24, 2.45) is 0 Å². The summed E-state index contributed by atoms with van der Waals surface area (Å²) in [6.45, 7) is -0.135. The molecule has 9 heteroatoms. The average molecular weight is 355 g/mol. The van der Waals surface area contributed by atoms with Gasteiger partial charge in [0.25, 0.3) is 0 Å². The molecule has 1 aromatic rings. The van der Waals surface area contributed by atoms with Crippen LogP contribution < -0.4 is 10.5 Å². The Labute approximate surface area is 118 Å². The van der Waals surface area contributed by atoms with Gasteiger partial charge in [-0.25, -0.2) is 17.5 Å². The maximum atomic E-state index is 13.1. The first kappa shape index (κ1) is 15.9. The van der Waals surface area contributed by atoms with E-state index < -0.39 is 21.8 Å². The van der Waals surface area contributed by atoms with E-state index in [0.717, 1.165) is 12.1 Å². The van der Waals surface area contributed by atoms with Crippen LogP contribution in [0.5, 0.6) is 0 Å². The van der Waals surface area contributed by atoms with E-state index in [1.807, 2.05) is 0 Å². The van der Waals surface area contributed by atoms with Gasteiger partial charge in [-0.3, -0.25) is 4.79 Å². The fourth-order valence-corrected chi connectivity index (χ4v) is 2.91. The highest BCUT2D eigenvalue weighted by molar-refractivity contribution is 9.10. The summed E-state index contributed by atoms with van der Waals surface area (Å²) in [5.41, 5.74) is 5.25. The minimum atomic E-state index is -3.91. The highest BCUT2D eigenvalue weighted by atomic mass is 79.9. The van der Waals surface area contributed by atoms with Crippen LogP contribution in [0.3, 0.4) is 0 Å². The minimum absolute atomic E-state index is 0.0185. The number of sulfonamides is 1. The van der Waals surface area contributed by atoms with Crippen molar-refractivity contribution < 1.29 is 22.3 Å². The standard InChI is InChI=1S/C10H12BrFN2O4S/c1-18-10(15)2-3-14-19(16,17)9-4-6(11)7(12)5-8(9)13/h4-5,14H,2-3,13H2,1H3. The van der Waals surface area contributed by atoms with Crippen LogP contribution in [-0.4, -0.2) is 28.0 Å². The van der Waals surface area contributed by atoms with Crippen LogP contribution in [0.15, 0.2) is 21.5 Å². The Morgan fingerprint density at radius 3 is 2.74 bits per heavy atom. The Balaban J connectivity index is 2.89. The number of benzene rings is 1. The number of hydrogen-bond acceptors (Lipinski definition) is 5. The van der Waals surface area contributed by atoms with Gasteiger partial charge in [-0.05, 0) is 28.1 Å². The van der Waals surface area contributed by atoms with E-state index in [2.05, 4.69) is 25.4 Å². The highest BCUT2D eigenvalue weighted by Crippen LogP contribution is 2.25. The largest absolute Gasteiger partial charge is 0.469 e. The lowest BCUT2D eigenvalue weighted by Gasteiger charge is -2.09. The Bertz CT molecular complexity index is 591. The Morgan fingerprint density at radius 1 is 1.53 bits per heavy atom. The van der Waals surface area contributed by atoms with Crippen molar-refractivity contribution in [2.75, 3.05) is 19.4 Å². The quantitative estimate of drug-likeness (QED) is 0.607. The summed E-state index contributed by atoms with van der Waals surface area (Å²) >= 11 is 2.88. The molecule has 3 N–H and O–H groups in total. The number of rotatable bonds is 5. The molecule has 0 saturated heterocycles. The smallest absolute Gasteiger partial charge is 0.306 e. The predicted molar refractivity (Wildman–Crippen MR) is 70.3 cm³/mol. The number of carbonyl (C=O) groups is 1. The monoisotopic (exact) mass is 354 g/mol. The molecule has 0 aromatic heterocycles. The van der Waals surface area contributed by atoms with Crippen molar-refractivity contribution in [3.63, 3.8) is 0 Å². The third kappa shape index (κ3) is 4.15. The molecule has 0 fully saturated rings. The molecule has 0 aliphatic rings. The first-order valence-electron chi connectivity index (χ1n) is 5.09. The lowest BCUT2D eigenvalue weighted by molar-refractivity contribution is -0.140. The first-order valence-corrected chi connectivity index (χ1v) is 7.36. The van der Waals surface area contributed by atoms with Crippen LogP contribution >= 0.6 is 15.9 Å². The summed E-state index contributed by atoms with van der Waals surface area (Å²) < 4.78 is 43.5. The third-order valence-electron chi connectivity index (χ3n) is 2.19. The lowest BCUT2D eigenvalue weighted by Crippen LogP contribution is -2.27. The summed E-state index contributed by atoms with van der Waals surface area (Å²) in [5, 5.41) is 0. The van der Waals surface area contributed by atoms with Crippen molar-refractivity contribution in [3.05, 3.63) is 22.4 Å². The molecule has 0 amide bonds. The van der Waals surface area contributed by atoms with Crippen LogP contribution in [-0.2, 0) is 19.6 Å². The molecule has 0 aliphatic heterocycles. The number of hydrogen-bond donors (Lipinski definition) is 2. The zero-order valence-electron chi connectivity index (χ0n) is 9.94. The topological polar surface area (TPSA) is 98.5 Å². The molecule has 106 valence electrons. The van der Waals surface area contributed by atoms with Gasteiger partial charge in [0.05, 0.1) is 23.7 Å². The molecule has 0 unspecified atom stereocenters. The third-order valence-corrected chi connectivity index (χ3v) is 4.32. The van der Waals surface area contributed by atoms with E-state index in [1.165, 1.54) is 7.11 Å². The number of halogens is 2. The summed E-state index contributed by atoms with van der Waals surface area (Å²) in [6.07, 6.45) is -0.113. The number of nitrogens with two attached hydrogens (primary N) is 1. The maximum Gasteiger partial charge on any atom is 0.306 e. The summed E-state index contributed by atoms with van der Waals surface area (Å²) in [4.78, 5) is 10.6. The van der Waals surface area contributed by atoms with Crippen molar-refractivity contribution in [2.45, 2.75) is 11.3 Å². The van der Waals surface area contributed by atoms with Gasteiger partial charge in [0.15, 0.2) is 0 Å². The van der Waals surface area contributed by atoms with Gasteiger partial charge < -0.3 is 10.5 Å². The van der Waals surface area contributed by atoms with Crippen LogP contribution in [0.25, 0.3) is 0 Å². The molecule has 1 aromatic carbocycles. The van der Waals surface area contributed by atoms with Crippen molar-refractivity contribution in [3.8, 4) is 0 Å². The molecule has 0 saturated carbocycles. The van der Waals surface area contributed by atoms with Gasteiger partial charge in [-0.2, -0.15) is 0 Å². The normalized spacial score (nSPS) is 11.3. The molecule has 0 atom stereocenters. The van der Waals surface area contributed by atoms with E-state index >= 15 is 0 Å². The average Bonchev–Trinajstić information content (AvgIpc) is 2.33. The van der Waals surface area contributed by atoms with Gasteiger partial charge in [0.2, 0.25) is 10.0 Å². The van der Waals surface area contributed by atoms with Gasteiger partial charge in [-0.1, -0.05) is 0 Å². The van der Waals surface area contributed by atoms with Crippen LogP contribution in [0.1, 0.15) is 6.42 Å². The second-order valence-electron chi connectivity index (χ2n) is 3.53.